The van der Waals surface area contributed by atoms with Gasteiger partial charge in [-0.15, -0.1) is 0 Å². The molecule has 38 heavy (non-hydrogen) atoms. The average Bonchev–Trinajstić information content (AvgIpc) is 3.61. The van der Waals surface area contributed by atoms with Crippen molar-refractivity contribution < 1.29 is 23.2 Å². The van der Waals surface area contributed by atoms with Gasteiger partial charge in [-0.1, -0.05) is 60.7 Å². The minimum Gasteiger partial charge on any atom is -0.459 e. The standard InChI is InChI=1S/C29H26N4O5/c1-18-24-21(30-32-28(35)25(19-10-4-2-5-11-19)20-12-6-3-7-13-20)14-8-15-22(24)38-26(18)29(36)33-31-27(34)23-16-9-17-37-23/h2-7,9-13,16-17,25H,8,14-15H2,1H3,(H,31,34)(H,32,35)(H,33,36)/b30-21+. The third kappa shape index (κ3) is 5.12. The predicted octanol–water partition coefficient (Wildman–Crippen LogP) is 4.24. The molecular weight excluding hydrogens is 484 g/mol. The first-order valence-corrected chi connectivity index (χ1v) is 12.3. The van der Waals surface area contributed by atoms with Crippen molar-refractivity contribution in [2.45, 2.75) is 32.1 Å². The van der Waals surface area contributed by atoms with Crippen LogP contribution in [0.3, 0.4) is 0 Å². The van der Waals surface area contributed by atoms with E-state index in [1.54, 1.807) is 13.0 Å². The number of hydrazine groups is 1. The van der Waals surface area contributed by atoms with Crippen LogP contribution < -0.4 is 16.3 Å². The van der Waals surface area contributed by atoms with Crippen LogP contribution >= 0.6 is 0 Å². The van der Waals surface area contributed by atoms with Crippen molar-refractivity contribution in [3.8, 4) is 0 Å². The number of aryl methyl sites for hydroxylation is 1. The highest BCUT2D eigenvalue weighted by Crippen LogP contribution is 2.30. The fraction of sp³-hybridized carbons (Fsp3) is 0.172. The number of fused-ring (bicyclic) bond motifs is 1. The molecule has 9 heteroatoms. The Hall–Kier alpha value is -4.92. The third-order valence-electron chi connectivity index (χ3n) is 6.40. The predicted molar refractivity (Wildman–Crippen MR) is 139 cm³/mol. The van der Waals surface area contributed by atoms with Crippen molar-refractivity contribution in [2.75, 3.05) is 0 Å². The Labute approximate surface area is 218 Å². The molecule has 3 N–H and O–H groups in total. The highest BCUT2D eigenvalue weighted by atomic mass is 16.4. The van der Waals surface area contributed by atoms with Gasteiger partial charge in [0.15, 0.2) is 11.5 Å². The minimum absolute atomic E-state index is 0.0650. The van der Waals surface area contributed by atoms with Crippen LogP contribution in [0.5, 0.6) is 0 Å². The summed E-state index contributed by atoms with van der Waals surface area (Å²) in [5, 5.41) is 4.48. The number of hydrazone groups is 1. The van der Waals surface area contributed by atoms with Crippen LogP contribution in [0.4, 0.5) is 0 Å². The average molecular weight is 511 g/mol. The molecule has 2 aromatic heterocycles. The van der Waals surface area contributed by atoms with E-state index in [2.05, 4.69) is 21.4 Å². The number of rotatable bonds is 6. The lowest BCUT2D eigenvalue weighted by Gasteiger charge is -2.18. The zero-order valence-electron chi connectivity index (χ0n) is 20.7. The lowest BCUT2D eigenvalue weighted by molar-refractivity contribution is -0.121. The second-order valence-electron chi connectivity index (χ2n) is 8.88. The number of carbonyl (C=O) groups is 3. The molecule has 0 saturated carbocycles. The zero-order valence-corrected chi connectivity index (χ0v) is 20.7. The van der Waals surface area contributed by atoms with Gasteiger partial charge in [0.1, 0.15) is 5.76 Å². The van der Waals surface area contributed by atoms with Crippen molar-refractivity contribution >= 4 is 23.4 Å². The highest BCUT2D eigenvalue weighted by Gasteiger charge is 2.29. The number of hydrogen-bond acceptors (Lipinski definition) is 6. The van der Waals surface area contributed by atoms with Crippen LogP contribution in [-0.4, -0.2) is 23.4 Å². The molecule has 4 aromatic rings. The summed E-state index contributed by atoms with van der Waals surface area (Å²) in [4.78, 5) is 38.2. The molecule has 0 saturated heterocycles. The minimum atomic E-state index is -0.603. The third-order valence-corrected chi connectivity index (χ3v) is 6.40. The molecule has 0 fully saturated rings. The number of nitrogens with one attached hydrogen (secondary N) is 3. The Morgan fingerprint density at radius 3 is 2.13 bits per heavy atom. The Morgan fingerprint density at radius 2 is 1.50 bits per heavy atom. The number of furan rings is 2. The molecule has 0 aliphatic heterocycles. The second-order valence-corrected chi connectivity index (χ2v) is 8.88. The summed E-state index contributed by atoms with van der Waals surface area (Å²) in [6, 6.07) is 22.1. The quantitative estimate of drug-likeness (QED) is 0.335. The maximum atomic E-state index is 13.4. The molecule has 1 aliphatic rings. The van der Waals surface area contributed by atoms with E-state index in [1.165, 1.54) is 12.3 Å². The van der Waals surface area contributed by atoms with E-state index >= 15 is 0 Å². The fourth-order valence-corrected chi connectivity index (χ4v) is 4.61. The number of amides is 3. The molecule has 2 heterocycles. The van der Waals surface area contributed by atoms with Crippen LogP contribution in [-0.2, 0) is 11.2 Å². The zero-order chi connectivity index (χ0) is 26.5. The Bertz CT molecular complexity index is 1430. The van der Waals surface area contributed by atoms with E-state index in [-0.39, 0.29) is 17.4 Å². The van der Waals surface area contributed by atoms with Gasteiger partial charge in [0.25, 0.3) is 5.91 Å². The van der Waals surface area contributed by atoms with Crippen LogP contribution in [0.1, 0.15) is 67.9 Å². The van der Waals surface area contributed by atoms with Gasteiger partial charge < -0.3 is 8.83 Å². The smallest absolute Gasteiger partial charge is 0.305 e. The van der Waals surface area contributed by atoms with Crippen molar-refractivity contribution in [3.05, 3.63) is 119 Å². The normalized spacial score (nSPS) is 13.7. The lowest BCUT2D eigenvalue weighted by Crippen LogP contribution is -2.41. The van der Waals surface area contributed by atoms with Crippen LogP contribution in [0.25, 0.3) is 0 Å². The summed E-state index contributed by atoms with van der Waals surface area (Å²) >= 11 is 0. The summed E-state index contributed by atoms with van der Waals surface area (Å²) in [6.45, 7) is 1.75. The molecule has 0 bridgehead atoms. The van der Waals surface area contributed by atoms with Gasteiger partial charge in [-0.2, -0.15) is 5.10 Å². The van der Waals surface area contributed by atoms with Crippen molar-refractivity contribution in [2.24, 2.45) is 5.10 Å². The molecule has 0 atom stereocenters. The first-order chi connectivity index (χ1) is 18.5. The molecule has 9 nitrogen and oxygen atoms in total. The summed E-state index contributed by atoms with van der Waals surface area (Å²) in [5.41, 5.74) is 11.0. The SMILES string of the molecule is Cc1c(C(=O)NNC(=O)c2ccco2)oc2c1/C(=N/NC(=O)C(c1ccccc1)c1ccccc1)CCC2. The van der Waals surface area contributed by atoms with Gasteiger partial charge in [-0.05, 0) is 43.0 Å². The van der Waals surface area contributed by atoms with Crippen molar-refractivity contribution in [3.63, 3.8) is 0 Å². The van der Waals surface area contributed by atoms with E-state index < -0.39 is 17.7 Å². The number of carbonyl (C=O) groups excluding carboxylic acids is 3. The maximum absolute atomic E-state index is 13.4. The van der Waals surface area contributed by atoms with Crippen molar-refractivity contribution in [1.29, 1.82) is 0 Å². The molecule has 0 spiro atoms. The summed E-state index contributed by atoms with van der Waals surface area (Å²) in [7, 11) is 0. The van der Waals surface area contributed by atoms with Gasteiger partial charge in [-0.25, -0.2) is 5.43 Å². The maximum Gasteiger partial charge on any atom is 0.305 e. The summed E-state index contributed by atoms with van der Waals surface area (Å²) < 4.78 is 10.9. The van der Waals surface area contributed by atoms with Crippen molar-refractivity contribution in [1.82, 2.24) is 16.3 Å². The lowest BCUT2D eigenvalue weighted by atomic mass is 9.90. The van der Waals surface area contributed by atoms with Gasteiger partial charge in [-0.3, -0.25) is 25.2 Å². The molecule has 3 amide bonds. The molecular formula is C29H26N4O5. The van der Waals surface area contributed by atoms with E-state index in [4.69, 9.17) is 8.83 Å². The summed E-state index contributed by atoms with van der Waals surface area (Å²) in [6.07, 6.45) is 3.37. The molecule has 0 unspecified atom stereocenters. The van der Waals surface area contributed by atoms with Crippen LogP contribution in [0, 0.1) is 6.92 Å². The van der Waals surface area contributed by atoms with Gasteiger partial charge >= 0.3 is 11.8 Å². The number of benzene rings is 2. The van der Waals surface area contributed by atoms with E-state index in [0.29, 0.717) is 35.4 Å². The topological polar surface area (TPSA) is 126 Å². The van der Waals surface area contributed by atoms with Gasteiger partial charge in [0, 0.05) is 17.5 Å². The van der Waals surface area contributed by atoms with Gasteiger partial charge in [0.05, 0.1) is 17.9 Å². The van der Waals surface area contributed by atoms with Crippen LogP contribution in [0.2, 0.25) is 0 Å². The summed E-state index contributed by atoms with van der Waals surface area (Å²) in [5.74, 6) is -1.23. The fourth-order valence-electron chi connectivity index (χ4n) is 4.61. The molecule has 1 aliphatic carbocycles. The first kappa shape index (κ1) is 24.8. The Morgan fingerprint density at radius 1 is 0.842 bits per heavy atom. The second kappa shape index (κ2) is 11.0. The molecule has 192 valence electrons. The van der Waals surface area contributed by atoms with E-state index in [0.717, 1.165) is 17.5 Å². The number of nitrogens with zero attached hydrogens (tertiary/aromatic N) is 1. The molecule has 0 radical (unpaired) electrons. The van der Waals surface area contributed by atoms with Gasteiger partial charge in [0.2, 0.25) is 0 Å². The Kier molecular flexibility index (Phi) is 7.17. The first-order valence-electron chi connectivity index (χ1n) is 12.3. The van der Waals surface area contributed by atoms with E-state index in [1.807, 2.05) is 60.7 Å². The highest BCUT2D eigenvalue weighted by molar-refractivity contribution is 6.07. The van der Waals surface area contributed by atoms with Crippen LogP contribution in [0.15, 0.2) is 93.0 Å². The largest absolute Gasteiger partial charge is 0.459 e. The number of hydrogen-bond donors (Lipinski definition) is 3. The molecule has 2 aromatic carbocycles. The molecule has 5 rings (SSSR count). The van der Waals surface area contributed by atoms with E-state index in [9.17, 15) is 14.4 Å². The Balaban J connectivity index is 1.35. The monoisotopic (exact) mass is 510 g/mol.